The van der Waals surface area contributed by atoms with Gasteiger partial charge in [0.25, 0.3) is 0 Å². The van der Waals surface area contributed by atoms with E-state index in [1.165, 1.54) is 0 Å². The molecule has 1 fully saturated rings. The monoisotopic (exact) mass is 217 g/mol. The van der Waals surface area contributed by atoms with E-state index in [0.29, 0.717) is 13.0 Å². The Labute approximate surface area is 95.1 Å². The molecule has 1 aromatic rings. The first-order valence-corrected chi connectivity index (χ1v) is 5.57. The number of benzene rings is 1. The first-order chi connectivity index (χ1) is 7.72. The largest absolute Gasteiger partial charge is 0.330 e. The fraction of sp³-hybridized carbons (Fsp3) is 0.385. The van der Waals surface area contributed by atoms with Crippen molar-refractivity contribution in [2.75, 3.05) is 6.54 Å². The first-order valence-electron chi connectivity index (χ1n) is 5.57. The van der Waals surface area contributed by atoms with E-state index in [1.54, 1.807) is 4.90 Å². The number of hydrogen-bond donors (Lipinski definition) is 0. The quantitative estimate of drug-likeness (QED) is 0.721. The highest BCUT2D eigenvalue weighted by molar-refractivity contribution is 6.08. The van der Waals surface area contributed by atoms with Crippen LogP contribution in [0.5, 0.6) is 0 Å². The van der Waals surface area contributed by atoms with Crippen LogP contribution in [-0.4, -0.2) is 23.1 Å². The molecule has 1 aromatic carbocycles. The summed E-state index contributed by atoms with van der Waals surface area (Å²) in [6, 6.07) is 9.76. The van der Waals surface area contributed by atoms with Crippen LogP contribution in [0.1, 0.15) is 18.9 Å². The zero-order valence-electron chi connectivity index (χ0n) is 9.35. The molecule has 84 valence electrons. The molecule has 1 unspecified atom stereocenters. The molecule has 0 radical (unpaired) electrons. The van der Waals surface area contributed by atoms with E-state index in [1.807, 2.05) is 37.3 Å². The second-order valence-corrected chi connectivity index (χ2v) is 4.11. The highest BCUT2D eigenvalue weighted by atomic mass is 16.2. The molecule has 0 spiro atoms. The van der Waals surface area contributed by atoms with Crippen molar-refractivity contribution in [1.29, 1.82) is 0 Å². The maximum atomic E-state index is 11.9. The Morgan fingerprint density at radius 2 is 1.94 bits per heavy atom. The third-order valence-corrected chi connectivity index (χ3v) is 2.97. The first kappa shape index (κ1) is 10.9. The van der Waals surface area contributed by atoms with Gasteiger partial charge in [-0.25, -0.2) is 0 Å². The summed E-state index contributed by atoms with van der Waals surface area (Å²) in [6.07, 6.45) is 0.614. The molecule has 16 heavy (non-hydrogen) atoms. The van der Waals surface area contributed by atoms with Crippen LogP contribution in [-0.2, 0) is 16.1 Å². The van der Waals surface area contributed by atoms with Crippen molar-refractivity contribution in [2.24, 2.45) is 5.92 Å². The lowest BCUT2D eigenvalue weighted by atomic mass is 10.0. The van der Waals surface area contributed by atoms with Crippen molar-refractivity contribution in [3.05, 3.63) is 35.9 Å². The van der Waals surface area contributed by atoms with Gasteiger partial charge < -0.3 is 4.90 Å². The van der Waals surface area contributed by atoms with Crippen LogP contribution in [0, 0.1) is 5.92 Å². The molecule has 2 rings (SSSR count). The molecule has 1 saturated heterocycles. The zero-order valence-corrected chi connectivity index (χ0v) is 9.35. The van der Waals surface area contributed by atoms with E-state index >= 15 is 0 Å². The summed E-state index contributed by atoms with van der Waals surface area (Å²) in [5, 5.41) is 0. The predicted molar refractivity (Wildman–Crippen MR) is 60.6 cm³/mol. The summed E-state index contributed by atoms with van der Waals surface area (Å²) in [5.41, 5.74) is 1.07. The number of hydrogen-bond acceptors (Lipinski definition) is 2. The lowest BCUT2D eigenvalue weighted by Crippen LogP contribution is -2.26. The van der Waals surface area contributed by atoms with Gasteiger partial charge in [-0.2, -0.15) is 0 Å². The van der Waals surface area contributed by atoms with Crippen LogP contribution in [0.25, 0.3) is 0 Å². The van der Waals surface area contributed by atoms with Gasteiger partial charge in [-0.15, -0.1) is 0 Å². The fourth-order valence-corrected chi connectivity index (χ4v) is 2.07. The van der Waals surface area contributed by atoms with Crippen molar-refractivity contribution >= 4 is 11.7 Å². The molecule has 0 N–H and O–H groups in total. The molecular formula is C13H15NO2. The third-order valence-electron chi connectivity index (χ3n) is 2.97. The molecule has 1 aliphatic rings. The maximum absolute atomic E-state index is 11.9. The Morgan fingerprint density at radius 3 is 2.50 bits per heavy atom. The molecule has 1 heterocycles. The van der Waals surface area contributed by atoms with Gasteiger partial charge in [-0.05, 0) is 12.0 Å². The summed E-state index contributed by atoms with van der Waals surface area (Å²) >= 11 is 0. The highest BCUT2D eigenvalue weighted by Gasteiger charge is 2.37. The van der Waals surface area contributed by atoms with Crippen molar-refractivity contribution in [3.8, 4) is 0 Å². The smallest absolute Gasteiger partial charge is 0.233 e. The van der Waals surface area contributed by atoms with Crippen LogP contribution < -0.4 is 0 Å². The Morgan fingerprint density at radius 1 is 1.25 bits per heavy atom. The number of carbonyl (C=O) groups is 2. The number of likely N-dealkylation sites (tertiary alicyclic amines) is 1. The second kappa shape index (κ2) is 4.47. The fourth-order valence-electron chi connectivity index (χ4n) is 2.07. The van der Waals surface area contributed by atoms with Crippen molar-refractivity contribution < 1.29 is 9.59 Å². The van der Waals surface area contributed by atoms with Crippen LogP contribution in [0.3, 0.4) is 0 Å². The van der Waals surface area contributed by atoms with Gasteiger partial charge in [0.05, 0.1) is 12.5 Å². The molecule has 0 aromatic heterocycles. The number of Topliss-reactive ketones (excluding diaryl/α,β-unsaturated/α-hetero) is 1. The van der Waals surface area contributed by atoms with Gasteiger partial charge >= 0.3 is 0 Å². The average Bonchev–Trinajstić information content (AvgIpc) is 2.55. The summed E-state index contributed by atoms with van der Waals surface area (Å²) in [5.74, 6) is -0.358. The molecule has 1 aliphatic heterocycles. The maximum Gasteiger partial charge on any atom is 0.233 e. The molecule has 1 atom stereocenters. The SMILES string of the molecule is CCC1C(=O)CN(Cc2ccccc2)C1=O. The standard InChI is InChI=1S/C13H15NO2/c1-2-11-12(15)9-14(13(11)16)8-10-6-4-3-5-7-10/h3-7,11H,2,8-9H2,1H3. The van der Waals surface area contributed by atoms with E-state index < -0.39 is 5.92 Å². The third kappa shape index (κ3) is 1.98. The van der Waals surface area contributed by atoms with Gasteiger partial charge in [0.1, 0.15) is 0 Å². The van der Waals surface area contributed by atoms with E-state index in [-0.39, 0.29) is 18.2 Å². The molecule has 3 nitrogen and oxygen atoms in total. The molecule has 0 bridgehead atoms. The van der Waals surface area contributed by atoms with E-state index in [9.17, 15) is 9.59 Å². The lowest BCUT2D eigenvalue weighted by Gasteiger charge is -2.15. The van der Waals surface area contributed by atoms with E-state index in [2.05, 4.69) is 0 Å². The lowest BCUT2D eigenvalue weighted by molar-refractivity contribution is -0.132. The average molecular weight is 217 g/mol. The molecular weight excluding hydrogens is 202 g/mol. The van der Waals surface area contributed by atoms with Gasteiger partial charge in [0.2, 0.25) is 5.91 Å². The predicted octanol–water partition coefficient (Wildman–Crippen LogP) is 1.62. The Bertz CT molecular complexity index is 400. The highest BCUT2D eigenvalue weighted by Crippen LogP contribution is 2.19. The van der Waals surface area contributed by atoms with Crippen LogP contribution in [0.2, 0.25) is 0 Å². The minimum Gasteiger partial charge on any atom is -0.330 e. The van der Waals surface area contributed by atoms with Gasteiger partial charge in [0, 0.05) is 6.54 Å². The van der Waals surface area contributed by atoms with E-state index in [0.717, 1.165) is 5.56 Å². The Balaban J connectivity index is 2.08. The minimum atomic E-state index is -0.399. The zero-order chi connectivity index (χ0) is 11.5. The number of rotatable bonds is 3. The van der Waals surface area contributed by atoms with Gasteiger partial charge in [0.15, 0.2) is 5.78 Å². The van der Waals surface area contributed by atoms with Crippen LogP contribution in [0.15, 0.2) is 30.3 Å². The Hall–Kier alpha value is -1.64. The van der Waals surface area contributed by atoms with Gasteiger partial charge in [-0.3, -0.25) is 9.59 Å². The number of ketones is 1. The second-order valence-electron chi connectivity index (χ2n) is 4.11. The number of carbonyl (C=O) groups excluding carboxylic acids is 2. The van der Waals surface area contributed by atoms with Crippen molar-refractivity contribution in [2.45, 2.75) is 19.9 Å². The molecule has 0 aliphatic carbocycles. The molecule has 0 saturated carbocycles. The molecule has 1 amide bonds. The number of nitrogens with zero attached hydrogens (tertiary/aromatic N) is 1. The minimum absolute atomic E-state index is 0.0173. The summed E-state index contributed by atoms with van der Waals surface area (Å²) in [4.78, 5) is 25.1. The molecule has 3 heteroatoms. The number of amides is 1. The van der Waals surface area contributed by atoms with E-state index in [4.69, 9.17) is 0 Å². The summed E-state index contributed by atoms with van der Waals surface area (Å²) < 4.78 is 0. The normalized spacial score (nSPS) is 20.6. The van der Waals surface area contributed by atoms with Gasteiger partial charge in [-0.1, -0.05) is 37.3 Å². The summed E-state index contributed by atoms with van der Waals surface area (Å²) in [6.45, 7) is 2.70. The van der Waals surface area contributed by atoms with Crippen LogP contribution >= 0.6 is 0 Å². The van der Waals surface area contributed by atoms with Crippen molar-refractivity contribution in [3.63, 3.8) is 0 Å². The summed E-state index contributed by atoms with van der Waals surface area (Å²) in [7, 11) is 0. The van der Waals surface area contributed by atoms with Crippen molar-refractivity contribution in [1.82, 2.24) is 4.90 Å². The Kier molecular flexibility index (Phi) is 3.04. The topological polar surface area (TPSA) is 37.4 Å². The van der Waals surface area contributed by atoms with Crippen LogP contribution in [0.4, 0.5) is 0 Å².